The van der Waals surface area contributed by atoms with Gasteiger partial charge in [-0.15, -0.1) is 0 Å². The van der Waals surface area contributed by atoms with Gasteiger partial charge in [-0.3, -0.25) is 5.43 Å². The van der Waals surface area contributed by atoms with E-state index >= 15 is 0 Å². The number of nitrogens with one attached hydrogen (secondary N) is 2. The van der Waals surface area contributed by atoms with Crippen molar-refractivity contribution in [1.82, 2.24) is 10.9 Å². The molecule has 7 heavy (non-hydrogen) atoms. The molecule has 5 nitrogen and oxygen atoms in total. The van der Waals surface area contributed by atoms with Crippen LogP contribution < -0.4 is 16.6 Å². The second-order valence-corrected chi connectivity index (χ2v) is 0.824. The number of amides is 2. The highest BCUT2D eigenvalue weighted by Crippen LogP contribution is 1.43. The Kier molecular flexibility index (Phi) is 2.99. The standard InChI is InChI=1S/C2H7N3O2/c3-2(7)5-4-1-6/h4,6H,1H2,(H3,3,5,7). The van der Waals surface area contributed by atoms with Gasteiger partial charge in [-0.2, -0.15) is 0 Å². The Bertz CT molecular complexity index is 64.0. The van der Waals surface area contributed by atoms with Crippen LogP contribution in [-0.2, 0) is 0 Å². The fourth-order valence-corrected chi connectivity index (χ4v) is 0.127. The van der Waals surface area contributed by atoms with Gasteiger partial charge in [-0.05, 0) is 0 Å². The van der Waals surface area contributed by atoms with Gasteiger partial charge in [0.05, 0.1) is 0 Å². The van der Waals surface area contributed by atoms with Gasteiger partial charge in [0.25, 0.3) is 0 Å². The zero-order valence-electron chi connectivity index (χ0n) is 3.64. The lowest BCUT2D eigenvalue weighted by Gasteiger charge is -1.96. The van der Waals surface area contributed by atoms with Crippen molar-refractivity contribution in [2.45, 2.75) is 0 Å². The summed E-state index contributed by atoms with van der Waals surface area (Å²) < 4.78 is 0. The summed E-state index contributed by atoms with van der Waals surface area (Å²) in [5.41, 5.74) is 8.57. The summed E-state index contributed by atoms with van der Waals surface area (Å²) in [4.78, 5) is 9.70. The van der Waals surface area contributed by atoms with Gasteiger partial charge in [-0.25, -0.2) is 10.2 Å². The minimum atomic E-state index is -0.714. The number of aliphatic hydroxyl groups excluding tert-OH is 1. The first-order valence-electron chi connectivity index (χ1n) is 1.66. The molecule has 0 saturated heterocycles. The minimum Gasteiger partial charge on any atom is -0.380 e. The van der Waals surface area contributed by atoms with Crippen molar-refractivity contribution >= 4 is 6.03 Å². The third kappa shape index (κ3) is 5.19. The molecular formula is C2H7N3O2. The van der Waals surface area contributed by atoms with E-state index in [1.54, 1.807) is 0 Å². The molecule has 0 radical (unpaired) electrons. The number of hydrazine groups is 1. The average Bonchev–Trinajstić information content (AvgIpc) is 1.61. The van der Waals surface area contributed by atoms with E-state index in [2.05, 4.69) is 11.2 Å². The maximum absolute atomic E-state index is 9.70. The molecular weight excluding hydrogens is 98.0 g/mol. The number of rotatable bonds is 2. The van der Waals surface area contributed by atoms with E-state index in [1.165, 1.54) is 0 Å². The SMILES string of the molecule is NC(=O)NNCO. The Morgan fingerprint density at radius 3 is 2.57 bits per heavy atom. The lowest BCUT2D eigenvalue weighted by atomic mass is 11.1. The molecule has 0 fully saturated rings. The fraction of sp³-hybridized carbons (Fsp3) is 0.500. The van der Waals surface area contributed by atoms with Crippen molar-refractivity contribution in [2.24, 2.45) is 5.73 Å². The van der Waals surface area contributed by atoms with Crippen molar-refractivity contribution in [1.29, 1.82) is 0 Å². The maximum atomic E-state index is 9.70. The molecule has 0 bridgehead atoms. The highest BCUT2D eigenvalue weighted by molar-refractivity contribution is 5.70. The number of carbonyl (C=O) groups is 1. The number of primary amides is 1. The van der Waals surface area contributed by atoms with Crippen LogP contribution in [0.2, 0.25) is 0 Å². The van der Waals surface area contributed by atoms with Crippen molar-refractivity contribution in [2.75, 3.05) is 6.73 Å². The van der Waals surface area contributed by atoms with Crippen LogP contribution >= 0.6 is 0 Å². The predicted octanol–water partition coefficient (Wildman–Crippen LogP) is -1.89. The van der Waals surface area contributed by atoms with E-state index in [0.717, 1.165) is 0 Å². The van der Waals surface area contributed by atoms with Crippen LogP contribution in [0.1, 0.15) is 0 Å². The van der Waals surface area contributed by atoms with Gasteiger partial charge in [0.2, 0.25) is 0 Å². The van der Waals surface area contributed by atoms with Gasteiger partial charge in [0, 0.05) is 0 Å². The second kappa shape index (κ2) is 3.38. The molecule has 0 unspecified atom stereocenters. The molecule has 0 aromatic heterocycles. The second-order valence-electron chi connectivity index (χ2n) is 0.824. The molecule has 0 aromatic carbocycles. The van der Waals surface area contributed by atoms with E-state index in [0.29, 0.717) is 0 Å². The van der Waals surface area contributed by atoms with Gasteiger partial charge < -0.3 is 10.8 Å². The number of hydrogen-bond donors (Lipinski definition) is 4. The molecule has 0 atom stereocenters. The van der Waals surface area contributed by atoms with Crippen LogP contribution in [0.4, 0.5) is 4.79 Å². The maximum Gasteiger partial charge on any atom is 0.326 e. The monoisotopic (exact) mass is 105 g/mol. The van der Waals surface area contributed by atoms with Gasteiger partial charge in [-0.1, -0.05) is 0 Å². The van der Waals surface area contributed by atoms with Crippen LogP contribution in [0.15, 0.2) is 0 Å². The fourth-order valence-electron chi connectivity index (χ4n) is 0.127. The molecule has 0 aliphatic rings. The van der Waals surface area contributed by atoms with Crippen molar-refractivity contribution < 1.29 is 9.90 Å². The van der Waals surface area contributed by atoms with Crippen LogP contribution in [0.3, 0.4) is 0 Å². The van der Waals surface area contributed by atoms with Crippen molar-refractivity contribution in [3.8, 4) is 0 Å². The molecule has 0 saturated carbocycles. The number of aliphatic hydroxyl groups is 1. The van der Waals surface area contributed by atoms with E-state index < -0.39 is 6.03 Å². The third-order valence-corrected chi connectivity index (χ3v) is 0.291. The minimum absolute atomic E-state index is 0.317. The van der Waals surface area contributed by atoms with E-state index in [-0.39, 0.29) is 6.73 Å². The Balaban J connectivity index is 2.82. The van der Waals surface area contributed by atoms with Gasteiger partial charge in [0.15, 0.2) is 0 Å². The summed E-state index contributed by atoms with van der Waals surface area (Å²) in [5, 5.41) is 7.93. The third-order valence-electron chi connectivity index (χ3n) is 0.291. The first kappa shape index (κ1) is 6.19. The van der Waals surface area contributed by atoms with Crippen LogP contribution in [0.5, 0.6) is 0 Å². The molecule has 0 heterocycles. The number of nitrogens with two attached hydrogens (primary N) is 1. The molecule has 0 rings (SSSR count). The zero-order chi connectivity index (χ0) is 5.70. The lowest BCUT2D eigenvalue weighted by molar-refractivity contribution is 0.219. The van der Waals surface area contributed by atoms with E-state index in [4.69, 9.17) is 5.11 Å². The molecule has 5 heteroatoms. The number of hydrogen-bond acceptors (Lipinski definition) is 3. The molecule has 0 spiro atoms. The number of carbonyl (C=O) groups excluding carboxylic acids is 1. The molecule has 42 valence electrons. The first-order chi connectivity index (χ1) is 3.27. The van der Waals surface area contributed by atoms with Gasteiger partial charge >= 0.3 is 6.03 Å². The summed E-state index contributed by atoms with van der Waals surface area (Å²) in [5.74, 6) is 0. The van der Waals surface area contributed by atoms with Gasteiger partial charge in [0.1, 0.15) is 6.73 Å². The number of urea groups is 1. The Hall–Kier alpha value is -0.810. The molecule has 0 aliphatic heterocycles. The van der Waals surface area contributed by atoms with E-state index in [1.807, 2.05) is 5.43 Å². The summed E-state index contributed by atoms with van der Waals surface area (Å²) in [6.45, 7) is -0.317. The normalized spacial score (nSPS) is 8.14. The summed E-state index contributed by atoms with van der Waals surface area (Å²) in [6, 6.07) is -0.714. The van der Waals surface area contributed by atoms with Crippen LogP contribution in [0, 0.1) is 0 Å². The van der Waals surface area contributed by atoms with Crippen molar-refractivity contribution in [3.63, 3.8) is 0 Å². The Morgan fingerprint density at radius 2 is 2.43 bits per heavy atom. The summed E-state index contributed by atoms with van der Waals surface area (Å²) in [7, 11) is 0. The molecule has 0 aliphatic carbocycles. The molecule has 0 aromatic rings. The highest BCUT2D eigenvalue weighted by atomic mass is 16.3. The largest absolute Gasteiger partial charge is 0.380 e. The topological polar surface area (TPSA) is 87.4 Å². The highest BCUT2D eigenvalue weighted by Gasteiger charge is 1.82. The Morgan fingerprint density at radius 1 is 1.86 bits per heavy atom. The predicted molar refractivity (Wildman–Crippen MR) is 22.9 cm³/mol. The van der Waals surface area contributed by atoms with Crippen LogP contribution in [0.25, 0.3) is 0 Å². The molecule has 5 N–H and O–H groups in total. The van der Waals surface area contributed by atoms with E-state index in [9.17, 15) is 4.79 Å². The van der Waals surface area contributed by atoms with Crippen molar-refractivity contribution in [3.05, 3.63) is 0 Å². The molecule has 2 amide bonds. The summed E-state index contributed by atoms with van der Waals surface area (Å²) in [6.07, 6.45) is 0. The first-order valence-corrected chi connectivity index (χ1v) is 1.66. The quantitative estimate of drug-likeness (QED) is 0.244. The Labute approximate surface area is 40.5 Å². The lowest BCUT2D eigenvalue weighted by Crippen LogP contribution is -2.41. The summed E-state index contributed by atoms with van der Waals surface area (Å²) >= 11 is 0. The average molecular weight is 105 g/mol. The van der Waals surface area contributed by atoms with Crippen LogP contribution in [-0.4, -0.2) is 17.9 Å². The smallest absolute Gasteiger partial charge is 0.326 e. The zero-order valence-corrected chi connectivity index (χ0v) is 3.64.